The molecule has 3 rings (SSSR count). The summed E-state index contributed by atoms with van der Waals surface area (Å²) in [5.74, 6) is 0.0344. The molecule has 1 amide bonds. The number of para-hydroxylation sites is 2. The van der Waals surface area contributed by atoms with E-state index >= 15 is 0 Å². The Morgan fingerprint density at radius 1 is 1.04 bits per heavy atom. The van der Waals surface area contributed by atoms with Crippen molar-refractivity contribution < 1.29 is 4.79 Å². The SMILES string of the molecule is Cl.Cn1c(=O)n(CCC(=O)N(CCCN)Cc2ccccc2)c2ccccc21. The molecule has 7 heteroatoms. The topological polar surface area (TPSA) is 73.3 Å². The zero-order chi connectivity index (χ0) is 19.2. The first kappa shape index (κ1) is 21.7. The van der Waals surface area contributed by atoms with Gasteiger partial charge in [-0.3, -0.25) is 13.9 Å². The quantitative estimate of drug-likeness (QED) is 0.629. The lowest BCUT2D eigenvalue weighted by molar-refractivity contribution is -0.132. The van der Waals surface area contributed by atoms with E-state index in [4.69, 9.17) is 5.73 Å². The van der Waals surface area contributed by atoms with Crippen molar-refractivity contribution in [2.45, 2.75) is 25.9 Å². The van der Waals surface area contributed by atoms with E-state index in [0.717, 1.165) is 23.0 Å². The number of hydrogen-bond acceptors (Lipinski definition) is 3. The highest BCUT2D eigenvalue weighted by Crippen LogP contribution is 2.13. The Bertz CT molecular complexity index is 965. The fourth-order valence-electron chi connectivity index (χ4n) is 3.32. The van der Waals surface area contributed by atoms with E-state index in [1.807, 2.05) is 59.5 Å². The molecule has 1 heterocycles. The predicted octanol–water partition coefficient (Wildman–Crippen LogP) is 2.53. The summed E-state index contributed by atoms with van der Waals surface area (Å²) >= 11 is 0. The number of imidazole rings is 1. The maximum atomic E-state index is 12.8. The molecule has 0 aliphatic carbocycles. The van der Waals surface area contributed by atoms with Crippen LogP contribution in [0.2, 0.25) is 0 Å². The molecule has 0 bridgehead atoms. The van der Waals surface area contributed by atoms with Crippen LogP contribution in [0.4, 0.5) is 0 Å². The normalized spacial score (nSPS) is 10.6. The van der Waals surface area contributed by atoms with Crippen LogP contribution in [0.3, 0.4) is 0 Å². The molecule has 0 saturated carbocycles. The van der Waals surface area contributed by atoms with Crippen LogP contribution in [0, 0.1) is 0 Å². The van der Waals surface area contributed by atoms with Gasteiger partial charge in [-0.05, 0) is 30.7 Å². The second-order valence-electron chi connectivity index (χ2n) is 6.68. The van der Waals surface area contributed by atoms with Crippen LogP contribution in [0.15, 0.2) is 59.4 Å². The van der Waals surface area contributed by atoms with E-state index in [2.05, 4.69) is 0 Å². The number of aryl methyl sites for hydroxylation is 2. The van der Waals surface area contributed by atoms with Crippen molar-refractivity contribution in [3.05, 3.63) is 70.6 Å². The molecule has 0 aliphatic rings. The lowest BCUT2D eigenvalue weighted by atomic mass is 10.2. The summed E-state index contributed by atoms with van der Waals surface area (Å²) in [5.41, 5.74) is 8.36. The largest absolute Gasteiger partial charge is 0.338 e. The number of nitrogens with zero attached hydrogens (tertiary/aromatic N) is 3. The standard InChI is InChI=1S/C21H26N4O2.ClH/c1-23-18-10-5-6-11-19(18)25(21(23)27)15-12-20(26)24(14-7-13-22)16-17-8-3-2-4-9-17;/h2-6,8-11H,7,12-16,22H2,1H3;1H. The Hall–Kier alpha value is -2.57. The highest BCUT2D eigenvalue weighted by atomic mass is 35.5. The van der Waals surface area contributed by atoms with Gasteiger partial charge in [-0.25, -0.2) is 4.79 Å². The first-order valence-electron chi connectivity index (χ1n) is 9.28. The smallest absolute Gasteiger partial charge is 0.328 e. The number of hydrogen-bond donors (Lipinski definition) is 1. The third-order valence-electron chi connectivity index (χ3n) is 4.80. The number of fused-ring (bicyclic) bond motifs is 1. The van der Waals surface area contributed by atoms with Crippen molar-refractivity contribution in [3.8, 4) is 0 Å². The second kappa shape index (κ2) is 10.1. The van der Waals surface area contributed by atoms with Crippen molar-refractivity contribution in [2.75, 3.05) is 13.1 Å². The van der Waals surface area contributed by atoms with Crippen LogP contribution < -0.4 is 11.4 Å². The molecule has 0 atom stereocenters. The highest BCUT2D eigenvalue weighted by molar-refractivity contribution is 5.85. The first-order valence-corrected chi connectivity index (χ1v) is 9.28. The zero-order valence-corrected chi connectivity index (χ0v) is 16.9. The molecule has 150 valence electrons. The van der Waals surface area contributed by atoms with Gasteiger partial charge < -0.3 is 10.6 Å². The van der Waals surface area contributed by atoms with Gasteiger partial charge in [-0.15, -0.1) is 12.4 Å². The van der Waals surface area contributed by atoms with Gasteiger partial charge in [0.25, 0.3) is 0 Å². The van der Waals surface area contributed by atoms with E-state index < -0.39 is 0 Å². The summed E-state index contributed by atoms with van der Waals surface area (Å²) in [7, 11) is 1.76. The number of benzene rings is 2. The van der Waals surface area contributed by atoms with Gasteiger partial charge in [0.1, 0.15) is 0 Å². The average Bonchev–Trinajstić information content (AvgIpc) is 2.94. The summed E-state index contributed by atoms with van der Waals surface area (Å²) in [5, 5.41) is 0. The Balaban J connectivity index is 0.00000280. The van der Waals surface area contributed by atoms with Crippen LogP contribution in [0.5, 0.6) is 0 Å². The van der Waals surface area contributed by atoms with Gasteiger partial charge in [-0.2, -0.15) is 0 Å². The third kappa shape index (κ3) is 4.82. The van der Waals surface area contributed by atoms with E-state index in [-0.39, 0.29) is 30.4 Å². The molecule has 0 aliphatic heterocycles. The molecule has 0 saturated heterocycles. The lowest BCUT2D eigenvalue weighted by Crippen LogP contribution is -2.34. The Morgan fingerprint density at radius 2 is 1.68 bits per heavy atom. The lowest BCUT2D eigenvalue weighted by Gasteiger charge is -2.23. The average molecular weight is 403 g/mol. The first-order chi connectivity index (χ1) is 13.1. The summed E-state index contributed by atoms with van der Waals surface area (Å²) in [4.78, 5) is 27.2. The monoisotopic (exact) mass is 402 g/mol. The van der Waals surface area contributed by atoms with Gasteiger partial charge in [-0.1, -0.05) is 42.5 Å². The van der Waals surface area contributed by atoms with E-state index in [1.165, 1.54) is 0 Å². The molecule has 0 unspecified atom stereocenters. The summed E-state index contributed by atoms with van der Waals surface area (Å²) in [6, 6.07) is 17.6. The summed E-state index contributed by atoms with van der Waals surface area (Å²) in [6.45, 7) is 2.09. The van der Waals surface area contributed by atoms with Crippen molar-refractivity contribution in [1.29, 1.82) is 0 Å². The maximum Gasteiger partial charge on any atom is 0.328 e. The minimum Gasteiger partial charge on any atom is -0.338 e. The van der Waals surface area contributed by atoms with Gasteiger partial charge in [0.15, 0.2) is 0 Å². The van der Waals surface area contributed by atoms with Gasteiger partial charge in [0.05, 0.1) is 11.0 Å². The third-order valence-corrected chi connectivity index (χ3v) is 4.80. The number of carbonyl (C=O) groups excluding carboxylic acids is 1. The van der Waals surface area contributed by atoms with Crippen molar-refractivity contribution in [3.63, 3.8) is 0 Å². The molecule has 0 fully saturated rings. The minimum atomic E-state index is -0.0967. The van der Waals surface area contributed by atoms with Crippen LogP contribution in [0.25, 0.3) is 11.0 Å². The van der Waals surface area contributed by atoms with Crippen molar-refractivity contribution in [2.24, 2.45) is 12.8 Å². The number of amides is 1. The summed E-state index contributed by atoms with van der Waals surface area (Å²) < 4.78 is 3.30. The molecule has 1 aromatic heterocycles. The van der Waals surface area contributed by atoms with Gasteiger partial charge >= 0.3 is 5.69 Å². The molecule has 28 heavy (non-hydrogen) atoms. The molecule has 0 spiro atoms. The van der Waals surface area contributed by atoms with Crippen LogP contribution in [-0.4, -0.2) is 33.0 Å². The summed E-state index contributed by atoms with van der Waals surface area (Å²) in [6.07, 6.45) is 1.04. The fourth-order valence-corrected chi connectivity index (χ4v) is 3.32. The van der Waals surface area contributed by atoms with E-state index in [0.29, 0.717) is 26.2 Å². The van der Waals surface area contributed by atoms with Crippen molar-refractivity contribution >= 4 is 29.3 Å². The number of aromatic nitrogens is 2. The number of carbonyl (C=O) groups is 1. The number of halogens is 1. The Labute approximate surface area is 171 Å². The Morgan fingerprint density at radius 3 is 2.36 bits per heavy atom. The highest BCUT2D eigenvalue weighted by Gasteiger charge is 2.16. The number of nitrogens with two attached hydrogens (primary N) is 1. The van der Waals surface area contributed by atoms with Gasteiger partial charge in [0, 0.05) is 33.1 Å². The van der Waals surface area contributed by atoms with Crippen LogP contribution >= 0.6 is 12.4 Å². The predicted molar refractivity (Wildman–Crippen MR) is 115 cm³/mol. The number of rotatable bonds is 8. The van der Waals surface area contributed by atoms with Crippen LogP contribution in [0.1, 0.15) is 18.4 Å². The van der Waals surface area contributed by atoms with E-state index in [9.17, 15) is 9.59 Å². The second-order valence-corrected chi connectivity index (χ2v) is 6.68. The molecular weight excluding hydrogens is 376 g/mol. The molecule has 0 radical (unpaired) electrons. The van der Waals surface area contributed by atoms with Crippen LogP contribution in [-0.2, 0) is 24.9 Å². The minimum absolute atomic E-state index is 0. The Kier molecular flexibility index (Phi) is 7.84. The van der Waals surface area contributed by atoms with Crippen molar-refractivity contribution in [1.82, 2.24) is 14.0 Å². The molecule has 3 aromatic rings. The molecule has 6 nitrogen and oxygen atoms in total. The zero-order valence-electron chi connectivity index (χ0n) is 16.1. The molecule has 2 aromatic carbocycles. The van der Waals surface area contributed by atoms with E-state index in [1.54, 1.807) is 16.2 Å². The fraction of sp³-hybridized carbons (Fsp3) is 0.333. The van der Waals surface area contributed by atoms with Gasteiger partial charge in [0.2, 0.25) is 5.91 Å². The molecule has 2 N–H and O–H groups in total. The molecular formula is C21H27ClN4O2. The maximum absolute atomic E-state index is 12.8.